The predicted molar refractivity (Wildman–Crippen MR) is 132 cm³/mol. The van der Waals surface area contributed by atoms with Gasteiger partial charge < -0.3 is 10.1 Å². The van der Waals surface area contributed by atoms with Crippen molar-refractivity contribution in [2.24, 2.45) is 0 Å². The molecule has 2 amide bonds. The minimum absolute atomic E-state index is 0.0166. The lowest BCUT2D eigenvalue weighted by Crippen LogP contribution is -2.32. The van der Waals surface area contributed by atoms with Crippen LogP contribution in [0.5, 0.6) is 5.75 Å². The Kier molecular flexibility index (Phi) is 6.52. The molecule has 34 heavy (non-hydrogen) atoms. The molecule has 0 atom stereocenters. The molecule has 3 aromatic carbocycles. The molecule has 1 N–H and O–H groups in total. The number of nitrogens with one attached hydrogen (secondary N) is 1. The van der Waals surface area contributed by atoms with E-state index in [1.54, 1.807) is 36.4 Å². The number of carbonyl (C=O) groups excluding carboxylic acids is 3. The summed E-state index contributed by atoms with van der Waals surface area (Å²) in [6, 6.07) is 19.2. The lowest BCUT2D eigenvalue weighted by Gasteiger charge is -2.15. The monoisotopic (exact) mass is 474 g/mol. The highest BCUT2D eigenvalue weighted by Crippen LogP contribution is 2.30. The Bertz CT molecular complexity index is 1290. The van der Waals surface area contributed by atoms with Crippen LogP contribution in [0.25, 0.3) is 0 Å². The van der Waals surface area contributed by atoms with Gasteiger partial charge in [-0.3, -0.25) is 9.59 Å². The number of anilines is 2. The van der Waals surface area contributed by atoms with Gasteiger partial charge >= 0.3 is 5.97 Å². The van der Waals surface area contributed by atoms with Crippen molar-refractivity contribution in [3.63, 3.8) is 0 Å². The predicted octanol–water partition coefficient (Wildman–Crippen LogP) is 5.52. The molecule has 0 saturated carbocycles. The number of esters is 1. The number of aryl methyl sites for hydroxylation is 3. The van der Waals surface area contributed by atoms with E-state index in [-0.39, 0.29) is 10.7 Å². The Labute approximate surface area is 202 Å². The number of amides is 2. The molecular formula is C27H23ClN2O4. The average Bonchev–Trinajstić information content (AvgIpc) is 3.05. The first-order chi connectivity index (χ1) is 16.3. The van der Waals surface area contributed by atoms with Gasteiger partial charge in [0.15, 0.2) is 0 Å². The summed E-state index contributed by atoms with van der Waals surface area (Å²) in [7, 11) is 0. The summed E-state index contributed by atoms with van der Waals surface area (Å²) < 4.78 is 5.57. The van der Waals surface area contributed by atoms with Crippen LogP contribution in [0.1, 0.15) is 34.0 Å². The van der Waals surface area contributed by atoms with Crippen molar-refractivity contribution >= 4 is 40.8 Å². The first-order valence-corrected chi connectivity index (χ1v) is 11.2. The van der Waals surface area contributed by atoms with Crippen LogP contribution in [-0.2, 0) is 16.0 Å². The van der Waals surface area contributed by atoms with Crippen molar-refractivity contribution in [2.45, 2.75) is 27.2 Å². The Morgan fingerprint density at radius 1 is 0.912 bits per heavy atom. The molecule has 1 aliphatic heterocycles. The Morgan fingerprint density at radius 2 is 1.53 bits per heavy atom. The zero-order valence-corrected chi connectivity index (χ0v) is 19.8. The van der Waals surface area contributed by atoms with Crippen molar-refractivity contribution in [3.05, 3.63) is 99.7 Å². The van der Waals surface area contributed by atoms with E-state index in [0.29, 0.717) is 22.7 Å². The van der Waals surface area contributed by atoms with Crippen LogP contribution in [0, 0.1) is 13.8 Å². The zero-order valence-electron chi connectivity index (χ0n) is 19.0. The van der Waals surface area contributed by atoms with Crippen LogP contribution < -0.4 is 15.0 Å². The summed E-state index contributed by atoms with van der Waals surface area (Å²) in [5.41, 5.74) is 4.11. The molecule has 7 heteroatoms. The van der Waals surface area contributed by atoms with E-state index in [0.717, 1.165) is 28.0 Å². The van der Waals surface area contributed by atoms with Crippen LogP contribution in [0.15, 0.2) is 77.5 Å². The maximum Gasteiger partial charge on any atom is 0.343 e. The van der Waals surface area contributed by atoms with Crippen LogP contribution in [-0.4, -0.2) is 17.8 Å². The lowest BCUT2D eigenvalue weighted by atomic mass is 10.1. The lowest BCUT2D eigenvalue weighted by molar-refractivity contribution is -0.120. The number of benzene rings is 3. The van der Waals surface area contributed by atoms with Crippen LogP contribution in [0.2, 0.25) is 0 Å². The van der Waals surface area contributed by atoms with Crippen molar-refractivity contribution in [1.82, 2.24) is 0 Å². The fraction of sp³-hybridized carbons (Fsp3) is 0.148. The van der Waals surface area contributed by atoms with Gasteiger partial charge in [0.25, 0.3) is 11.8 Å². The van der Waals surface area contributed by atoms with E-state index < -0.39 is 17.8 Å². The Morgan fingerprint density at radius 3 is 2.12 bits per heavy atom. The number of ether oxygens (including phenoxy) is 1. The highest BCUT2D eigenvalue weighted by Gasteiger charge is 2.38. The van der Waals surface area contributed by atoms with Crippen LogP contribution >= 0.6 is 11.6 Å². The molecule has 0 aromatic heterocycles. The van der Waals surface area contributed by atoms with E-state index in [4.69, 9.17) is 16.3 Å². The summed E-state index contributed by atoms with van der Waals surface area (Å²) in [5, 5.41) is 2.72. The van der Waals surface area contributed by atoms with Gasteiger partial charge in [-0.25, -0.2) is 9.69 Å². The third-order valence-corrected chi connectivity index (χ3v) is 5.97. The van der Waals surface area contributed by atoms with Gasteiger partial charge in [-0.05, 0) is 73.4 Å². The van der Waals surface area contributed by atoms with Gasteiger partial charge in [-0.1, -0.05) is 48.9 Å². The van der Waals surface area contributed by atoms with E-state index in [2.05, 4.69) is 5.32 Å². The Hall–Kier alpha value is -3.90. The van der Waals surface area contributed by atoms with Gasteiger partial charge in [-0.15, -0.1) is 0 Å². The Balaban J connectivity index is 1.49. The molecule has 0 bridgehead atoms. The van der Waals surface area contributed by atoms with Crippen molar-refractivity contribution < 1.29 is 19.1 Å². The standard InChI is InChI=1S/C27H23ClN2O4/c1-4-18-8-14-21(15-9-18)30-25(31)22(28)23(26(30)32)29-20-12-10-19(11-13-20)27(33)34-24-16(2)6-5-7-17(24)3/h5-15,29H,4H2,1-3H3. The van der Waals surface area contributed by atoms with E-state index >= 15 is 0 Å². The fourth-order valence-electron chi connectivity index (χ4n) is 3.67. The number of hydrogen-bond donors (Lipinski definition) is 1. The van der Waals surface area contributed by atoms with Crippen LogP contribution in [0.4, 0.5) is 11.4 Å². The molecule has 0 aliphatic carbocycles. The molecule has 0 fully saturated rings. The molecule has 0 unspecified atom stereocenters. The molecule has 3 aromatic rings. The number of carbonyl (C=O) groups is 3. The molecular weight excluding hydrogens is 452 g/mol. The number of imide groups is 1. The molecule has 1 aliphatic rings. The first kappa shape index (κ1) is 23.3. The minimum atomic E-state index is -0.591. The SMILES string of the molecule is CCc1ccc(N2C(=O)C(Cl)=C(Nc3ccc(C(=O)Oc4c(C)cccc4C)cc3)C2=O)cc1. The second-order valence-electron chi connectivity index (χ2n) is 7.97. The number of hydrogen-bond acceptors (Lipinski definition) is 5. The number of nitrogens with zero attached hydrogens (tertiary/aromatic N) is 1. The fourth-order valence-corrected chi connectivity index (χ4v) is 3.88. The number of halogens is 1. The smallest absolute Gasteiger partial charge is 0.343 e. The molecule has 6 nitrogen and oxygen atoms in total. The average molecular weight is 475 g/mol. The van der Waals surface area contributed by atoms with Crippen molar-refractivity contribution in [2.75, 3.05) is 10.2 Å². The summed E-state index contributed by atoms with van der Waals surface area (Å²) in [6.07, 6.45) is 0.849. The summed E-state index contributed by atoms with van der Waals surface area (Å²) in [5.74, 6) is -1.09. The van der Waals surface area contributed by atoms with Gasteiger partial charge in [0.1, 0.15) is 16.5 Å². The second-order valence-corrected chi connectivity index (χ2v) is 8.35. The van der Waals surface area contributed by atoms with Crippen molar-refractivity contribution in [1.29, 1.82) is 0 Å². The topological polar surface area (TPSA) is 75.7 Å². The highest BCUT2D eigenvalue weighted by atomic mass is 35.5. The molecule has 172 valence electrons. The maximum atomic E-state index is 13.0. The zero-order chi connectivity index (χ0) is 24.4. The molecule has 0 radical (unpaired) electrons. The third-order valence-electron chi connectivity index (χ3n) is 5.62. The normalized spacial score (nSPS) is 13.5. The second kappa shape index (κ2) is 9.53. The molecule has 0 spiro atoms. The van der Waals surface area contributed by atoms with Gasteiger partial charge in [0.2, 0.25) is 0 Å². The van der Waals surface area contributed by atoms with E-state index in [1.807, 2.05) is 51.1 Å². The molecule has 4 rings (SSSR count). The van der Waals surface area contributed by atoms with Crippen molar-refractivity contribution in [3.8, 4) is 5.75 Å². The summed E-state index contributed by atoms with van der Waals surface area (Å²) in [4.78, 5) is 39.2. The summed E-state index contributed by atoms with van der Waals surface area (Å²) >= 11 is 6.21. The first-order valence-electron chi connectivity index (χ1n) is 10.8. The van der Waals surface area contributed by atoms with E-state index in [9.17, 15) is 14.4 Å². The van der Waals surface area contributed by atoms with Crippen LogP contribution in [0.3, 0.4) is 0 Å². The number of rotatable bonds is 6. The number of para-hydroxylation sites is 1. The quantitative estimate of drug-likeness (QED) is 0.289. The highest BCUT2D eigenvalue weighted by molar-refractivity contribution is 6.53. The molecule has 1 heterocycles. The third kappa shape index (κ3) is 4.45. The summed E-state index contributed by atoms with van der Waals surface area (Å²) in [6.45, 7) is 5.78. The van der Waals surface area contributed by atoms with E-state index in [1.165, 1.54) is 0 Å². The maximum absolute atomic E-state index is 13.0. The van der Waals surface area contributed by atoms with Gasteiger partial charge in [-0.2, -0.15) is 0 Å². The minimum Gasteiger partial charge on any atom is -0.422 e. The van der Waals surface area contributed by atoms with Gasteiger partial charge in [0.05, 0.1) is 11.3 Å². The largest absolute Gasteiger partial charge is 0.422 e. The molecule has 0 saturated heterocycles. The van der Waals surface area contributed by atoms with Gasteiger partial charge in [0, 0.05) is 5.69 Å².